The van der Waals surface area contributed by atoms with Crippen molar-refractivity contribution in [3.8, 4) is 11.5 Å². The second-order valence-electron chi connectivity index (χ2n) is 3.28. The van der Waals surface area contributed by atoms with Crippen LogP contribution in [0.2, 0.25) is 0 Å². The van der Waals surface area contributed by atoms with Gasteiger partial charge in [-0.1, -0.05) is 13.3 Å². The maximum absolute atomic E-state index is 12.8. The number of unbranched alkanes of at least 4 members (excludes halogenated alkanes) is 1. The first kappa shape index (κ1) is 12.3. The zero-order valence-electron chi connectivity index (χ0n) is 8.86. The number of hydrogen-bond acceptors (Lipinski definition) is 4. The fraction of sp³-hybridized carbons (Fsp3) is 0.364. The summed E-state index contributed by atoms with van der Waals surface area (Å²) in [6.07, 6.45) is 1.58. The van der Waals surface area contributed by atoms with E-state index in [1.54, 1.807) is 0 Å². The number of phenolic OH excluding ortho intramolecular Hbond substituents is 2. The summed E-state index contributed by atoms with van der Waals surface area (Å²) >= 11 is 0. The highest BCUT2D eigenvalue weighted by Crippen LogP contribution is 2.31. The van der Waals surface area contributed by atoms with Gasteiger partial charge in [-0.2, -0.15) is 0 Å². The van der Waals surface area contributed by atoms with Gasteiger partial charge >= 0.3 is 5.97 Å². The Balaban J connectivity index is 2.80. The maximum Gasteiger partial charge on any atom is 0.342 e. The zero-order chi connectivity index (χ0) is 12.1. The monoisotopic (exact) mass is 228 g/mol. The molecule has 1 aromatic carbocycles. The van der Waals surface area contributed by atoms with Gasteiger partial charge in [-0.05, 0) is 18.6 Å². The second kappa shape index (κ2) is 5.34. The molecular formula is C11H13FO4. The highest BCUT2D eigenvalue weighted by atomic mass is 19.1. The number of halogens is 1. The van der Waals surface area contributed by atoms with Gasteiger partial charge in [0.1, 0.15) is 5.56 Å². The summed E-state index contributed by atoms with van der Waals surface area (Å²) in [7, 11) is 0. The average molecular weight is 228 g/mol. The molecule has 16 heavy (non-hydrogen) atoms. The van der Waals surface area contributed by atoms with Crippen LogP contribution in [-0.4, -0.2) is 22.8 Å². The molecule has 2 N–H and O–H groups in total. The molecule has 1 aromatic rings. The lowest BCUT2D eigenvalue weighted by atomic mass is 10.2. The third-order valence-corrected chi connectivity index (χ3v) is 2.05. The van der Waals surface area contributed by atoms with Crippen LogP contribution in [0.4, 0.5) is 4.39 Å². The number of hydrogen-bond donors (Lipinski definition) is 2. The molecule has 1 rings (SSSR count). The van der Waals surface area contributed by atoms with Crippen molar-refractivity contribution in [1.82, 2.24) is 0 Å². The Morgan fingerprint density at radius 3 is 2.69 bits per heavy atom. The van der Waals surface area contributed by atoms with E-state index in [2.05, 4.69) is 0 Å². The number of phenols is 2. The highest BCUT2D eigenvalue weighted by molar-refractivity contribution is 5.93. The van der Waals surface area contributed by atoms with E-state index in [1.165, 1.54) is 0 Å². The summed E-state index contributed by atoms with van der Waals surface area (Å²) in [4.78, 5) is 11.4. The molecule has 0 spiro atoms. The molecule has 0 saturated heterocycles. The van der Waals surface area contributed by atoms with Gasteiger partial charge in [-0.15, -0.1) is 0 Å². The second-order valence-corrected chi connectivity index (χ2v) is 3.28. The van der Waals surface area contributed by atoms with E-state index in [0.29, 0.717) is 6.42 Å². The first-order valence-corrected chi connectivity index (χ1v) is 4.95. The van der Waals surface area contributed by atoms with Crippen LogP contribution in [0.25, 0.3) is 0 Å². The first-order valence-electron chi connectivity index (χ1n) is 4.95. The van der Waals surface area contributed by atoms with Crippen molar-refractivity contribution >= 4 is 5.97 Å². The minimum atomic E-state index is -0.984. The van der Waals surface area contributed by atoms with E-state index >= 15 is 0 Å². The standard InChI is InChI=1S/C11H13FO4/c1-2-3-6-16-11(15)7-4-5-8(12)10(14)9(7)13/h4-5,13-14H,2-3,6H2,1H3. The minimum Gasteiger partial charge on any atom is -0.504 e. The van der Waals surface area contributed by atoms with Crippen LogP contribution in [0.15, 0.2) is 12.1 Å². The smallest absolute Gasteiger partial charge is 0.342 e. The Morgan fingerprint density at radius 1 is 1.38 bits per heavy atom. The van der Waals surface area contributed by atoms with E-state index in [4.69, 9.17) is 9.84 Å². The zero-order valence-corrected chi connectivity index (χ0v) is 8.86. The van der Waals surface area contributed by atoms with E-state index < -0.39 is 23.3 Å². The normalized spacial score (nSPS) is 10.1. The molecule has 0 aliphatic carbocycles. The van der Waals surface area contributed by atoms with Crippen LogP contribution < -0.4 is 0 Å². The molecule has 0 fully saturated rings. The SMILES string of the molecule is CCCCOC(=O)c1ccc(F)c(O)c1O. The summed E-state index contributed by atoms with van der Waals surface area (Å²) in [5.41, 5.74) is -0.241. The van der Waals surface area contributed by atoms with Crippen molar-refractivity contribution in [2.45, 2.75) is 19.8 Å². The van der Waals surface area contributed by atoms with E-state index in [1.807, 2.05) is 6.92 Å². The molecule has 0 bridgehead atoms. The van der Waals surface area contributed by atoms with Crippen LogP contribution in [0.3, 0.4) is 0 Å². The number of ether oxygens (including phenoxy) is 1. The van der Waals surface area contributed by atoms with Gasteiger partial charge in [-0.25, -0.2) is 9.18 Å². The Kier molecular flexibility index (Phi) is 4.10. The van der Waals surface area contributed by atoms with Crippen LogP contribution in [0.5, 0.6) is 11.5 Å². The predicted octanol–water partition coefficient (Wildman–Crippen LogP) is 2.19. The molecule has 0 aliphatic rings. The summed E-state index contributed by atoms with van der Waals surface area (Å²) < 4.78 is 17.6. The highest BCUT2D eigenvalue weighted by Gasteiger charge is 2.18. The van der Waals surface area contributed by atoms with Gasteiger partial charge in [0.25, 0.3) is 0 Å². The molecule has 0 atom stereocenters. The number of benzene rings is 1. The van der Waals surface area contributed by atoms with E-state index in [9.17, 15) is 14.3 Å². The Hall–Kier alpha value is -1.78. The third-order valence-electron chi connectivity index (χ3n) is 2.05. The predicted molar refractivity (Wildman–Crippen MR) is 54.9 cm³/mol. The molecule has 0 unspecified atom stereocenters. The third kappa shape index (κ3) is 2.62. The van der Waals surface area contributed by atoms with Crippen LogP contribution in [0.1, 0.15) is 30.1 Å². The Bertz CT molecular complexity index is 390. The average Bonchev–Trinajstić information content (AvgIpc) is 2.26. The molecule has 0 aliphatic heterocycles. The molecule has 5 heteroatoms. The summed E-state index contributed by atoms with van der Waals surface area (Å²) in [5, 5.41) is 18.4. The quantitative estimate of drug-likeness (QED) is 0.471. The fourth-order valence-corrected chi connectivity index (χ4v) is 1.11. The van der Waals surface area contributed by atoms with Crippen molar-refractivity contribution in [3.63, 3.8) is 0 Å². The largest absolute Gasteiger partial charge is 0.504 e. The minimum absolute atomic E-state index is 0.229. The van der Waals surface area contributed by atoms with Crippen molar-refractivity contribution in [3.05, 3.63) is 23.5 Å². The van der Waals surface area contributed by atoms with E-state index in [-0.39, 0.29) is 12.2 Å². The summed E-state index contributed by atoms with van der Waals surface area (Å²) in [5.74, 6) is -3.49. The fourth-order valence-electron chi connectivity index (χ4n) is 1.11. The molecule has 0 heterocycles. The van der Waals surface area contributed by atoms with Gasteiger partial charge in [0.15, 0.2) is 17.3 Å². The van der Waals surface area contributed by atoms with Crippen molar-refractivity contribution in [2.24, 2.45) is 0 Å². The lowest BCUT2D eigenvalue weighted by Gasteiger charge is -2.07. The van der Waals surface area contributed by atoms with Gasteiger partial charge < -0.3 is 14.9 Å². The van der Waals surface area contributed by atoms with Crippen molar-refractivity contribution in [1.29, 1.82) is 0 Å². The van der Waals surface area contributed by atoms with Gasteiger partial charge in [0.2, 0.25) is 0 Å². The molecule has 88 valence electrons. The van der Waals surface area contributed by atoms with Gasteiger partial charge in [-0.3, -0.25) is 0 Å². The number of esters is 1. The van der Waals surface area contributed by atoms with Gasteiger partial charge in [0, 0.05) is 0 Å². The lowest BCUT2D eigenvalue weighted by molar-refractivity contribution is 0.0495. The molecule has 0 saturated carbocycles. The maximum atomic E-state index is 12.8. The first-order chi connectivity index (χ1) is 7.57. The number of carbonyl (C=O) groups excluding carboxylic acids is 1. The van der Waals surface area contributed by atoms with Crippen molar-refractivity contribution in [2.75, 3.05) is 6.61 Å². The molecule has 0 aromatic heterocycles. The van der Waals surface area contributed by atoms with E-state index in [0.717, 1.165) is 18.6 Å². The van der Waals surface area contributed by atoms with Crippen LogP contribution in [0, 0.1) is 5.82 Å². The topological polar surface area (TPSA) is 66.8 Å². The Morgan fingerprint density at radius 2 is 2.06 bits per heavy atom. The summed E-state index contributed by atoms with van der Waals surface area (Å²) in [6, 6.07) is 1.96. The number of aromatic hydroxyl groups is 2. The lowest BCUT2D eigenvalue weighted by Crippen LogP contribution is -2.06. The van der Waals surface area contributed by atoms with Crippen LogP contribution in [-0.2, 0) is 4.74 Å². The number of rotatable bonds is 4. The van der Waals surface area contributed by atoms with Crippen LogP contribution >= 0.6 is 0 Å². The molecule has 0 amide bonds. The summed E-state index contributed by atoms with van der Waals surface area (Å²) in [6.45, 7) is 2.17. The molecule has 4 nitrogen and oxygen atoms in total. The molecule has 0 radical (unpaired) electrons. The van der Waals surface area contributed by atoms with Gasteiger partial charge in [0.05, 0.1) is 6.61 Å². The number of carbonyl (C=O) groups is 1. The Labute approximate surface area is 92.3 Å². The van der Waals surface area contributed by atoms with Crippen molar-refractivity contribution < 1.29 is 24.1 Å². The molecular weight excluding hydrogens is 215 g/mol.